The maximum Gasteiger partial charge on any atom is 0.253 e. The topological polar surface area (TPSA) is 133 Å². The van der Waals surface area contributed by atoms with E-state index in [4.69, 9.17) is 9.47 Å². The zero-order valence-electron chi connectivity index (χ0n) is 38.8. The van der Waals surface area contributed by atoms with Crippen molar-refractivity contribution in [2.24, 2.45) is 0 Å². The molecule has 2 atom stereocenters. The fourth-order valence-electron chi connectivity index (χ4n) is 10.5. The predicted molar refractivity (Wildman–Crippen MR) is 263 cm³/mol. The van der Waals surface area contributed by atoms with E-state index in [0.717, 1.165) is 127 Å². The van der Waals surface area contributed by atoms with Gasteiger partial charge in [-0.3, -0.25) is 19.4 Å². The molecule has 2 aromatic heterocycles. The Labute approximate surface area is 399 Å². The number of ether oxygens (including phenoxy) is 2. The number of fused-ring (bicyclic) bond motifs is 2. The molecule has 2 amide bonds. The lowest BCUT2D eigenvalue weighted by molar-refractivity contribution is -0.114. The number of nitrogens with zero attached hydrogens (tertiary/aromatic N) is 9. The molecule has 0 bridgehead atoms. The minimum absolute atomic E-state index is 0.0232. The summed E-state index contributed by atoms with van der Waals surface area (Å²) in [5.41, 5.74) is 11.3. The molecule has 0 spiro atoms. The van der Waals surface area contributed by atoms with Crippen LogP contribution in [0.2, 0.25) is 0 Å². The Balaban J connectivity index is 0.000000151. The number of morpholine rings is 2. The van der Waals surface area contributed by atoms with E-state index in [-0.39, 0.29) is 43.8 Å². The maximum absolute atomic E-state index is 13.9. The lowest BCUT2D eigenvalue weighted by Crippen LogP contribution is -2.45. The first-order valence-electron chi connectivity index (χ1n) is 24.0. The van der Waals surface area contributed by atoms with Crippen molar-refractivity contribution in [2.45, 2.75) is 30.8 Å². The summed E-state index contributed by atoms with van der Waals surface area (Å²) in [6, 6.07) is 28.1. The van der Waals surface area contributed by atoms with Crippen molar-refractivity contribution in [1.29, 1.82) is 0 Å². The number of benzene rings is 4. The quantitative estimate of drug-likeness (QED) is 0.169. The second-order valence-electron chi connectivity index (χ2n) is 18.6. The fraction of sp³-hybridized carbons (Fsp3) is 0.385. The predicted octanol–water partition coefficient (Wildman–Crippen LogP) is 6.72. The van der Waals surface area contributed by atoms with Crippen LogP contribution >= 0.6 is 0 Å². The third kappa shape index (κ3) is 9.13. The molecule has 2 N–H and O–H groups in total. The van der Waals surface area contributed by atoms with Crippen molar-refractivity contribution in [3.8, 4) is 0 Å². The average molecular weight is 938 g/mol. The number of anilines is 4. The van der Waals surface area contributed by atoms with Crippen LogP contribution in [0, 0.1) is 0 Å². The number of carbonyl (C=O) groups excluding carboxylic acids is 2. The zero-order valence-corrected chi connectivity index (χ0v) is 38.8. The Bertz CT molecular complexity index is 2850. The summed E-state index contributed by atoms with van der Waals surface area (Å²) < 4.78 is 38.8. The van der Waals surface area contributed by atoms with E-state index in [9.17, 15) is 18.4 Å². The fourth-order valence-corrected chi connectivity index (χ4v) is 10.5. The van der Waals surface area contributed by atoms with Crippen LogP contribution in [0.4, 0.5) is 31.5 Å². The average Bonchev–Trinajstić information content (AvgIpc) is 4.20. The van der Waals surface area contributed by atoms with Crippen LogP contribution in [0.3, 0.4) is 0 Å². The first-order chi connectivity index (χ1) is 33.7. The van der Waals surface area contributed by atoms with Gasteiger partial charge in [-0.05, 0) is 78.8 Å². The van der Waals surface area contributed by atoms with E-state index < -0.39 is 12.0 Å². The Morgan fingerprint density at radius 3 is 1.36 bits per heavy atom. The number of hydrogen-bond acceptors (Lipinski definition) is 11. The number of aromatic nitrogens is 4. The van der Waals surface area contributed by atoms with Gasteiger partial charge in [-0.25, -0.2) is 18.7 Å². The number of hydrogen-bond donors (Lipinski definition) is 2. The molecule has 6 aromatic rings. The summed E-state index contributed by atoms with van der Waals surface area (Å²) in [6.07, 6.45) is 6.35. The number of alkyl halides is 2. The summed E-state index contributed by atoms with van der Waals surface area (Å²) in [5.74, 6) is -2.78. The number of piperazine rings is 1. The minimum atomic E-state index is -2.65. The van der Waals surface area contributed by atoms with Gasteiger partial charge in [-0.15, -0.1) is 0 Å². The minimum Gasteiger partial charge on any atom is -0.378 e. The highest BCUT2D eigenvalue weighted by molar-refractivity contribution is 6.07. The molecule has 6 aliphatic rings. The van der Waals surface area contributed by atoms with Gasteiger partial charge in [-0.2, -0.15) is 0 Å². The number of rotatable bonds is 8. The van der Waals surface area contributed by atoms with Crippen LogP contribution in [-0.2, 0) is 19.1 Å². The molecule has 69 heavy (non-hydrogen) atoms. The van der Waals surface area contributed by atoms with Gasteiger partial charge in [0.2, 0.25) is 0 Å². The van der Waals surface area contributed by atoms with Crippen LogP contribution in [0.1, 0.15) is 36.1 Å². The van der Waals surface area contributed by atoms with E-state index in [1.54, 1.807) is 23.6 Å². The number of piperidine rings is 1. The third-order valence-electron chi connectivity index (χ3n) is 14.4. The number of halogens is 2. The molecule has 358 valence electrons. The summed E-state index contributed by atoms with van der Waals surface area (Å²) in [7, 11) is 2.15. The summed E-state index contributed by atoms with van der Waals surface area (Å²) in [5, 5.41) is 0. The molecule has 0 aliphatic carbocycles. The number of carbonyl (C=O) groups is 2. The lowest BCUT2D eigenvalue weighted by atomic mass is 9.99. The van der Waals surface area contributed by atoms with Gasteiger partial charge >= 0.3 is 0 Å². The monoisotopic (exact) mass is 937 g/mol. The first-order valence-corrected chi connectivity index (χ1v) is 24.0. The molecule has 4 fully saturated rings. The molecule has 0 saturated carbocycles. The largest absolute Gasteiger partial charge is 0.378 e. The van der Waals surface area contributed by atoms with Gasteiger partial charge in [0.25, 0.3) is 17.7 Å². The van der Waals surface area contributed by atoms with Crippen molar-refractivity contribution >= 4 is 56.6 Å². The van der Waals surface area contributed by atoms with E-state index in [2.05, 4.69) is 83.0 Å². The maximum atomic E-state index is 13.9. The van der Waals surface area contributed by atoms with Gasteiger partial charge in [0.05, 0.1) is 61.1 Å². The summed E-state index contributed by atoms with van der Waals surface area (Å²) in [4.78, 5) is 56.7. The summed E-state index contributed by atoms with van der Waals surface area (Å²) in [6.45, 7) is 10.7. The van der Waals surface area contributed by atoms with Gasteiger partial charge < -0.3 is 43.9 Å². The molecule has 8 heterocycles. The van der Waals surface area contributed by atoms with Crippen molar-refractivity contribution < 1.29 is 27.8 Å². The first kappa shape index (κ1) is 44.7. The molecular weight excluding hydrogens is 881 g/mol. The molecule has 4 aromatic carbocycles. The Kier molecular flexibility index (Phi) is 12.3. The molecule has 17 heteroatoms. The number of likely N-dealkylation sites (N-methyl/N-ethyl adjacent to an activating group) is 1. The highest BCUT2D eigenvalue weighted by Crippen LogP contribution is 2.44. The Morgan fingerprint density at radius 1 is 0.522 bits per heavy atom. The second kappa shape index (κ2) is 18.9. The van der Waals surface area contributed by atoms with Gasteiger partial charge in [0.1, 0.15) is 12.1 Å². The van der Waals surface area contributed by atoms with Crippen molar-refractivity contribution in [1.82, 2.24) is 34.6 Å². The molecule has 15 nitrogen and oxygen atoms in total. The third-order valence-corrected chi connectivity index (χ3v) is 14.4. The van der Waals surface area contributed by atoms with Crippen LogP contribution < -0.4 is 19.6 Å². The highest BCUT2D eigenvalue weighted by atomic mass is 19.3. The number of imidazole rings is 2. The summed E-state index contributed by atoms with van der Waals surface area (Å²) >= 11 is 0. The Morgan fingerprint density at radius 2 is 0.928 bits per heavy atom. The number of amides is 2. The van der Waals surface area contributed by atoms with Crippen molar-refractivity contribution in [3.05, 3.63) is 132 Å². The van der Waals surface area contributed by atoms with Gasteiger partial charge in [0.15, 0.2) is 0 Å². The molecule has 12 rings (SSSR count). The molecular formula is C52H57F2N11O4. The standard InChI is InChI=1S/C26H27F2N5O2.C26H30N6O2/c27-26(28)7-9-32(10-8-26)23-16-24(34)33(20-5-6-21-22(15-20)30-17-29-21)25(23)18-1-3-19(4-2-18)31-11-13-35-14-12-31;1-29-8-10-31(11-9-29)24-17-25(33)32(21-6-7-22-23(16-21)28-18-27-22)26(24)19-2-4-20(5-3-19)30-12-14-34-15-13-30/h1-6,15-17,25H,7-14H2,(H,29,30);2-7,16-18,26H,8-15H2,1H3,(H,27,28). The van der Waals surface area contributed by atoms with Gasteiger partial charge in [-0.1, -0.05) is 24.3 Å². The lowest BCUT2D eigenvalue weighted by Gasteiger charge is -2.38. The second-order valence-corrected chi connectivity index (χ2v) is 18.6. The number of likely N-dealkylation sites (tertiary alicyclic amines) is 1. The smallest absolute Gasteiger partial charge is 0.253 e. The Hall–Kier alpha value is -6.82. The van der Waals surface area contributed by atoms with Crippen LogP contribution in [0.25, 0.3) is 22.1 Å². The van der Waals surface area contributed by atoms with Crippen molar-refractivity contribution in [2.75, 3.05) is 119 Å². The molecule has 0 radical (unpaired) electrons. The normalized spacial score (nSPS) is 22.4. The SMILES string of the molecule is CN1CCN(C2=CC(=O)N(c3ccc4nc[nH]c4c3)C2c2ccc(N3CCOCC3)cc2)CC1.O=C1C=C(N2CCC(F)(F)CC2)C(c2ccc(N3CCOCC3)cc2)N1c1ccc2nc[nH]c2c1. The van der Waals surface area contributed by atoms with E-state index in [1.807, 2.05) is 64.4 Å². The zero-order chi connectivity index (χ0) is 47.1. The number of nitrogens with one attached hydrogen (secondary N) is 2. The van der Waals surface area contributed by atoms with E-state index in [1.165, 1.54) is 5.69 Å². The van der Waals surface area contributed by atoms with E-state index in [0.29, 0.717) is 13.2 Å². The van der Waals surface area contributed by atoms with Gasteiger partial charge in [0, 0.05) is 125 Å². The van der Waals surface area contributed by atoms with E-state index >= 15 is 0 Å². The number of aromatic amines is 2. The van der Waals surface area contributed by atoms with Crippen LogP contribution in [-0.4, -0.2) is 151 Å². The van der Waals surface area contributed by atoms with Crippen LogP contribution in [0.15, 0.2) is 121 Å². The van der Waals surface area contributed by atoms with Crippen LogP contribution in [0.5, 0.6) is 0 Å². The molecule has 2 unspecified atom stereocenters. The molecule has 6 aliphatic heterocycles. The molecule has 4 saturated heterocycles. The number of H-pyrrole nitrogens is 2. The highest BCUT2D eigenvalue weighted by Gasteiger charge is 2.42. The van der Waals surface area contributed by atoms with Crippen molar-refractivity contribution in [3.63, 3.8) is 0 Å².